The summed E-state index contributed by atoms with van der Waals surface area (Å²) >= 11 is 0. The zero-order chi connectivity index (χ0) is 38.9. The molecular weight excluding hydrogens is 661 g/mol. The van der Waals surface area contributed by atoms with Crippen LogP contribution in [0.3, 0.4) is 0 Å². The standard InChI is InChI=1S/C47H90O6/c1-5-8-10-12-14-16-17-18-23-26-30-34-38-45(48)51-41-44(53-47(50)40-36-32-28-21-15-13-11-9-6-2)42-52-46(49)39-35-31-27-24-20-19-22-25-29-33-37-43(4)7-3/h43-44H,5-42H2,1-4H3/t43?,44-/m0/s1. The lowest BCUT2D eigenvalue weighted by Gasteiger charge is -2.18. The van der Waals surface area contributed by atoms with Gasteiger partial charge in [-0.2, -0.15) is 0 Å². The van der Waals surface area contributed by atoms with E-state index in [1.54, 1.807) is 0 Å². The molecule has 0 spiro atoms. The summed E-state index contributed by atoms with van der Waals surface area (Å²) in [6.45, 7) is 9.00. The molecule has 0 aliphatic carbocycles. The summed E-state index contributed by atoms with van der Waals surface area (Å²) < 4.78 is 16.7. The van der Waals surface area contributed by atoms with Crippen molar-refractivity contribution < 1.29 is 28.6 Å². The maximum atomic E-state index is 12.7. The van der Waals surface area contributed by atoms with Crippen molar-refractivity contribution in [3.8, 4) is 0 Å². The molecule has 0 aromatic heterocycles. The largest absolute Gasteiger partial charge is 0.462 e. The second-order valence-corrected chi connectivity index (χ2v) is 16.3. The first-order valence-electron chi connectivity index (χ1n) is 23.4. The number of carbonyl (C=O) groups excluding carboxylic acids is 3. The second kappa shape index (κ2) is 41.6. The number of hydrogen-bond acceptors (Lipinski definition) is 6. The van der Waals surface area contributed by atoms with Crippen LogP contribution in [0.5, 0.6) is 0 Å². The van der Waals surface area contributed by atoms with Gasteiger partial charge >= 0.3 is 17.9 Å². The quantitative estimate of drug-likeness (QED) is 0.0351. The van der Waals surface area contributed by atoms with Gasteiger partial charge in [-0.05, 0) is 25.2 Å². The third kappa shape index (κ3) is 39.9. The van der Waals surface area contributed by atoms with Gasteiger partial charge in [0, 0.05) is 19.3 Å². The fourth-order valence-corrected chi connectivity index (χ4v) is 6.95. The summed E-state index contributed by atoms with van der Waals surface area (Å²) in [5.41, 5.74) is 0. The van der Waals surface area contributed by atoms with Crippen molar-refractivity contribution in [3.63, 3.8) is 0 Å². The molecule has 1 unspecified atom stereocenters. The summed E-state index contributed by atoms with van der Waals surface area (Å²) in [6.07, 6.45) is 40.8. The van der Waals surface area contributed by atoms with Crippen molar-refractivity contribution in [2.75, 3.05) is 13.2 Å². The Morgan fingerprint density at radius 3 is 0.981 bits per heavy atom. The Bertz CT molecular complexity index is 798. The van der Waals surface area contributed by atoms with Crippen LogP contribution in [0.1, 0.15) is 259 Å². The summed E-state index contributed by atoms with van der Waals surface area (Å²) in [5, 5.41) is 0. The van der Waals surface area contributed by atoms with Crippen molar-refractivity contribution in [1.82, 2.24) is 0 Å². The van der Waals surface area contributed by atoms with Gasteiger partial charge in [0.15, 0.2) is 6.10 Å². The average Bonchev–Trinajstić information content (AvgIpc) is 3.15. The first-order valence-corrected chi connectivity index (χ1v) is 23.4. The van der Waals surface area contributed by atoms with Crippen LogP contribution >= 0.6 is 0 Å². The molecule has 2 atom stereocenters. The average molecular weight is 751 g/mol. The van der Waals surface area contributed by atoms with Gasteiger partial charge in [-0.15, -0.1) is 0 Å². The summed E-state index contributed by atoms with van der Waals surface area (Å²) in [5.74, 6) is 0.0149. The minimum Gasteiger partial charge on any atom is -0.462 e. The Hall–Kier alpha value is -1.59. The lowest BCUT2D eigenvalue weighted by Crippen LogP contribution is -2.30. The van der Waals surface area contributed by atoms with Crippen molar-refractivity contribution >= 4 is 17.9 Å². The third-order valence-electron chi connectivity index (χ3n) is 10.9. The molecule has 6 nitrogen and oxygen atoms in total. The van der Waals surface area contributed by atoms with Gasteiger partial charge in [0.25, 0.3) is 0 Å². The fraction of sp³-hybridized carbons (Fsp3) is 0.936. The van der Waals surface area contributed by atoms with Gasteiger partial charge < -0.3 is 14.2 Å². The second-order valence-electron chi connectivity index (χ2n) is 16.3. The number of hydrogen-bond donors (Lipinski definition) is 0. The van der Waals surface area contributed by atoms with E-state index >= 15 is 0 Å². The van der Waals surface area contributed by atoms with E-state index in [0.29, 0.717) is 19.3 Å². The van der Waals surface area contributed by atoms with Crippen LogP contribution in [0.15, 0.2) is 0 Å². The minimum atomic E-state index is -0.758. The van der Waals surface area contributed by atoms with E-state index in [9.17, 15) is 14.4 Å². The molecule has 0 N–H and O–H groups in total. The van der Waals surface area contributed by atoms with E-state index < -0.39 is 6.10 Å². The van der Waals surface area contributed by atoms with E-state index in [4.69, 9.17) is 14.2 Å². The van der Waals surface area contributed by atoms with Gasteiger partial charge in [0.2, 0.25) is 0 Å². The lowest BCUT2D eigenvalue weighted by atomic mass is 9.99. The molecule has 0 radical (unpaired) electrons. The molecule has 0 aromatic rings. The summed E-state index contributed by atoms with van der Waals surface area (Å²) in [7, 11) is 0. The summed E-state index contributed by atoms with van der Waals surface area (Å²) in [6, 6.07) is 0. The predicted molar refractivity (Wildman–Crippen MR) is 224 cm³/mol. The highest BCUT2D eigenvalue weighted by Crippen LogP contribution is 2.17. The molecular formula is C47H90O6. The Kier molecular flexibility index (Phi) is 40.3. The highest BCUT2D eigenvalue weighted by molar-refractivity contribution is 5.71. The van der Waals surface area contributed by atoms with E-state index in [1.807, 2.05) is 0 Å². The van der Waals surface area contributed by atoms with Gasteiger partial charge in [-0.25, -0.2) is 0 Å². The predicted octanol–water partition coefficient (Wildman–Crippen LogP) is 14.7. The minimum absolute atomic E-state index is 0.0638. The van der Waals surface area contributed by atoms with Crippen LogP contribution in [0.25, 0.3) is 0 Å². The van der Waals surface area contributed by atoms with Gasteiger partial charge in [-0.3, -0.25) is 14.4 Å². The Balaban J connectivity index is 4.29. The zero-order valence-corrected chi connectivity index (χ0v) is 36.0. The first kappa shape index (κ1) is 51.4. The van der Waals surface area contributed by atoms with Gasteiger partial charge in [0.05, 0.1) is 0 Å². The molecule has 0 rings (SSSR count). The van der Waals surface area contributed by atoms with E-state index in [-0.39, 0.29) is 31.1 Å². The Morgan fingerprint density at radius 2 is 0.660 bits per heavy atom. The Morgan fingerprint density at radius 1 is 0.377 bits per heavy atom. The molecule has 0 aromatic carbocycles. The Labute approximate surface area is 329 Å². The van der Waals surface area contributed by atoms with Crippen molar-refractivity contribution in [2.24, 2.45) is 5.92 Å². The van der Waals surface area contributed by atoms with Crippen LogP contribution in [-0.4, -0.2) is 37.2 Å². The molecule has 6 heteroatoms. The third-order valence-corrected chi connectivity index (χ3v) is 10.9. The maximum absolute atomic E-state index is 12.7. The molecule has 0 aliphatic rings. The van der Waals surface area contributed by atoms with Gasteiger partial charge in [-0.1, -0.05) is 220 Å². The van der Waals surface area contributed by atoms with E-state index in [2.05, 4.69) is 27.7 Å². The van der Waals surface area contributed by atoms with Crippen LogP contribution < -0.4 is 0 Å². The SMILES string of the molecule is CCCCCCCCCCCCCCC(=O)OC[C@@H](COC(=O)CCCCCCCCCCCCC(C)CC)OC(=O)CCCCCCCCCCC. The van der Waals surface area contributed by atoms with Gasteiger partial charge in [0.1, 0.15) is 13.2 Å². The zero-order valence-electron chi connectivity index (χ0n) is 36.0. The molecule has 0 heterocycles. The molecule has 314 valence electrons. The highest BCUT2D eigenvalue weighted by atomic mass is 16.6. The normalized spacial score (nSPS) is 12.5. The van der Waals surface area contributed by atoms with Crippen LogP contribution in [0.4, 0.5) is 0 Å². The van der Waals surface area contributed by atoms with Crippen LogP contribution in [-0.2, 0) is 28.6 Å². The molecule has 0 fully saturated rings. The number of rotatable bonds is 42. The molecule has 0 saturated carbocycles. The van der Waals surface area contributed by atoms with Crippen LogP contribution in [0, 0.1) is 5.92 Å². The highest BCUT2D eigenvalue weighted by Gasteiger charge is 2.19. The molecule has 0 bridgehead atoms. The molecule has 0 amide bonds. The van der Waals surface area contributed by atoms with Crippen molar-refractivity contribution in [2.45, 2.75) is 265 Å². The van der Waals surface area contributed by atoms with Crippen LogP contribution in [0.2, 0.25) is 0 Å². The summed E-state index contributed by atoms with van der Waals surface area (Å²) in [4.78, 5) is 37.7. The van der Waals surface area contributed by atoms with E-state index in [1.165, 1.54) is 154 Å². The number of carbonyl (C=O) groups is 3. The van der Waals surface area contributed by atoms with Crippen molar-refractivity contribution in [1.29, 1.82) is 0 Å². The first-order chi connectivity index (χ1) is 25.9. The monoisotopic (exact) mass is 751 g/mol. The lowest BCUT2D eigenvalue weighted by molar-refractivity contribution is -0.167. The molecule has 53 heavy (non-hydrogen) atoms. The molecule has 0 aliphatic heterocycles. The maximum Gasteiger partial charge on any atom is 0.306 e. The number of esters is 3. The van der Waals surface area contributed by atoms with Crippen molar-refractivity contribution in [3.05, 3.63) is 0 Å². The number of ether oxygens (including phenoxy) is 3. The van der Waals surface area contributed by atoms with E-state index in [0.717, 1.165) is 63.7 Å². The fourth-order valence-electron chi connectivity index (χ4n) is 6.95. The molecule has 0 saturated heterocycles. The number of unbranched alkanes of at least 4 members (excludes halogenated alkanes) is 28. The smallest absolute Gasteiger partial charge is 0.306 e. The topological polar surface area (TPSA) is 78.9 Å².